The Labute approximate surface area is 121 Å². The number of aromatic nitrogens is 2. The van der Waals surface area contributed by atoms with E-state index in [1.54, 1.807) is 0 Å². The molecule has 108 valence electrons. The predicted molar refractivity (Wildman–Crippen MR) is 83.6 cm³/mol. The third kappa shape index (κ3) is 2.59. The number of benzene rings is 1. The quantitative estimate of drug-likeness (QED) is 0.919. The first-order valence-electron chi connectivity index (χ1n) is 7.80. The Morgan fingerprint density at radius 3 is 2.85 bits per heavy atom. The van der Waals surface area contributed by atoms with E-state index in [1.807, 2.05) is 0 Å². The van der Waals surface area contributed by atoms with Crippen molar-refractivity contribution in [1.29, 1.82) is 0 Å². The molecule has 1 heterocycles. The summed E-state index contributed by atoms with van der Waals surface area (Å²) in [5, 5.41) is 3.68. The van der Waals surface area contributed by atoms with Crippen molar-refractivity contribution in [2.75, 3.05) is 6.54 Å². The van der Waals surface area contributed by atoms with Gasteiger partial charge in [-0.05, 0) is 50.3 Å². The van der Waals surface area contributed by atoms with Gasteiger partial charge in [0, 0.05) is 7.05 Å². The Balaban J connectivity index is 1.69. The number of nitrogens with one attached hydrogen (secondary N) is 1. The highest BCUT2D eigenvalue weighted by molar-refractivity contribution is 5.75. The molecule has 1 aliphatic rings. The van der Waals surface area contributed by atoms with Crippen LogP contribution in [0.1, 0.15) is 45.0 Å². The van der Waals surface area contributed by atoms with E-state index in [2.05, 4.69) is 55.0 Å². The van der Waals surface area contributed by atoms with Gasteiger partial charge in [-0.2, -0.15) is 0 Å². The van der Waals surface area contributed by atoms with Crippen LogP contribution in [0.4, 0.5) is 0 Å². The Morgan fingerprint density at radius 1 is 1.35 bits per heavy atom. The van der Waals surface area contributed by atoms with E-state index < -0.39 is 0 Å². The molecule has 20 heavy (non-hydrogen) atoms. The van der Waals surface area contributed by atoms with Gasteiger partial charge in [-0.3, -0.25) is 0 Å². The zero-order valence-corrected chi connectivity index (χ0v) is 12.8. The van der Waals surface area contributed by atoms with Gasteiger partial charge in [0.05, 0.1) is 17.1 Å². The SMILES string of the molecule is CC1CCC(CNC(C)c2nc3ccccc3n2C)C1. The predicted octanol–water partition coefficient (Wildman–Crippen LogP) is 3.66. The van der Waals surface area contributed by atoms with Crippen LogP contribution in [0.15, 0.2) is 24.3 Å². The van der Waals surface area contributed by atoms with Crippen molar-refractivity contribution in [2.45, 2.75) is 39.2 Å². The summed E-state index contributed by atoms with van der Waals surface area (Å²) >= 11 is 0. The van der Waals surface area contributed by atoms with Gasteiger partial charge < -0.3 is 9.88 Å². The van der Waals surface area contributed by atoms with Crippen LogP contribution in [0.25, 0.3) is 11.0 Å². The number of nitrogens with zero attached hydrogens (tertiary/aromatic N) is 2. The molecule has 3 unspecified atom stereocenters. The van der Waals surface area contributed by atoms with Crippen molar-refractivity contribution in [2.24, 2.45) is 18.9 Å². The molecule has 1 aromatic heterocycles. The third-order valence-electron chi connectivity index (χ3n) is 4.73. The average Bonchev–Trinajstić information content (AvgIpc) is 3.01. The summed E-state index contributed by atoms with van der Waals surface area (Å²) in [6.45, 7) is 5.71. The maximum absolute atomic E-state index is 4.77. The molecule has 0 bridgehead atoms. The topological polar surface area (TPSA) is 29.9 Å². The molecule has 2 aromatic rings. The highest BCUT2D eigenvalue weighted by Gasteiger charge is 2.22. The molecule has 3 rings (SSSR count). The fourth-order valence-corrected chi connectivity index (χ4v) is 3.50. The molecule has 3 nitrogen and oxygen atoms in total. The molecule has 1 saturated carbocycles. The van der Waals surface area contributed by atoms with Crippen molar-refractivity contribution in [1.82, 2.24) is 14.9 Å². The molecule has 1 N–H and O–H groups in total. The van der Waals surface area contributed by atoms with Crippen molar-refractivity contribution < 1.29 is 0 Å². The average molecular weight is 271 g/mol. The number of aryl methyl sites for hydroxylation is 1. The van der Waals surface area contributed by atoms with Crippen LogP contribution in [0, 0.1) is 11.8 Å². The van der Waals surface area contributed by atoms with Crippen LogP contribution in [-0.4, -0.2) is 16.1 Å². The molecule has 3 heteroatoms. The Hall–Kier alpha value is -1.35. The van der Waals surface area contributed by atoms with Crippen LogP contribution in [-0.2, 0) is 7.05 Å². The number of rotatable bonds is 4. The van der Waals surface area contributed by atoms with Crippen LogP contribution < -0.4 is 5.32 Å². The lowest BCUT2D eigenvalue weighted by Crippen LogP contribution is -2.26. The van der Waals surface area contributed by atoms with E-state index >= 15 is 0 Å². The number of para-hydroxylation sites is 2. The van der Waals surface area contributed by atoms with Crippen LogP contribution >= 0.6 is 0 Å². The minimum atomic E-state index is 0.309. The summed E-state index contributed by atoms with van der Waals surface area (Å²) < 4.78 is 2.21. The molecule has 0 spiro atoms. The fourth-order valence-electron chi connectivity index (χ4n) is 3.50. The lowest BCUT2D eigenvalue weighted by Gasteiger charge is -2.17. The Bertz CT molecular complexity index is 587. The second-order valence-electron chi connectivity index (χ2n) is 6.43. The number of hydrogen-bond donors (Lipinski definition) is 1. The molecule has 1 fully saturated rings. The summed E-state index contributed by atoms with van der Waals surface area (Å²) in [6.07, 6.45) is 4.15. The van der Waals surface area contributed by atoms with Gasteiger partial charge in [-0.15, -0.1) is 0 Å². The largest absolute Gasteiger partial charge is 0.330 e. The van der Waals surface area contributed by atoms with E-state index in [1.165, 1.54) is 24.8 Å². The molecule has 1 aromatic carbocycles. The van der Waals surface area contributed by atoms with E-state index in [-0.39, 0.29) is 0 Å². The summed E-state index contributed by atoms with van der Waals surface area (Å²) in [5.41, 5.74) is 2.30. The monoisotopic (exact) mass is 271 g/mol. The zero-order valence-electron chi connectivity index (χ0n) is 12.8. The molecule has 0 amide bonds. The van der Waals surface area contributed by atoms with Crippen molar-refractivity contribution >= 4 is 11.0 Å². The van der Waals surface area contributed by atoms with E-state index in [4.69, 9.17) is 4.98 Å². The van der Waals surface area contributed by atoms with Crippen molar-refractivity contribution in [3.63, 3.8) is 0 Å². The molecular formula is C17H25N3. The molecule has 0 aliphatic heterocycles. The molecule has 1 aliphatic carbocycles. The summed E-state index contributed by atoms with van der Waals surface area (Å²) in [7, 11) is 2.11. The van der Waals surface area contributed by atoms with Gasteiger partial charge >= 0.3 is 0 Å². The normalized spacial score (nSPS) is 24.4. The summed E-state index contributed by atoms with van der Waals surface area (Å²) in [4.78, 5) is 4.77. The van der Waals surface area contributed by atoms with Gasteiger partial charge in [-0.25, -0.2) is 4.98 Å². The standard InChI is InChI=1S/C17H25N3/c1-12-8-9-14(10-12)11-18-13(2)17-19-15-6-4-5-7-16(15)20(17)3/h4-7,12-14,18H,8-11H2,1-3H3. The van der Waals surface area contributed by atoms with Crippen LogP contribution in [0.3, 0.4) is 0 Å². The first kappa shape index (κ1) is 13.6. The number of hydrogen-bond acceptors (Lipinski definition) is 2. The van der Waals surface area contributed by atoms with Gasteiger partial charge in [0.15, 0.2) is 0 Å². The van der Waals surface area contributed by atoms with Crippen LogP contribution in [0.5, 0.6) is 0 Å². The Kier molecular flexibility index (Phi) is 3.79. The number of fused-ring (bicyclic) bond motifs is 1. The fraction of sp³-hybridized carbons (Fsp3) is 0.588. The molecule has 0 saturated heterocycles. The smallest absolute Gasteiger partial charge is 0.126 e. The summed E-state index contributed by atoms with van der Waals surface area (Å²) in [5.74, 6) is 2.90. The molecule has 0 radical (unpaired) electrons. The highest BCUT2D eigenvalue weighted by Crippen LogP contribution is 2.30. The van der Waals surface area contributed by atoms with Gasteiger partial charge in [-0.1, -0.05) is 25.5 Å². The molecular weight excluding hydrogens is 246 g/mol. The maximum Gasteiger partial charge on any atom is 0.126 e. The minimum absolute atomic E-state index is 0.309. The lowest BCUT2D eigenvalue weighted by molar-refractivity contribution is 0.429. The van der Waals surface area contributed by atoms with E-state index in [9.17, 15) is 0 Å². The Morgan fingerprint density at radius 2 is 2.15 bits per heavy atom. The second-order valence-corrected chi connectivity index (χ2v) is 6.43. The van der Waals surface area contributed by atoms with Crippen molar-refractivity contribution in [3.8, 4) is 0 Å². The lowest BCUT2D eigenvalue weighted by atomic mass is 10.1. The van der Waals surface area contributed by atoms with Crippen molar-refractivity contribution in [3.05, 3.63) is 30.1 Å². The second kappa shape index (κ2) is 5.57. The highest BCUT2D eigenvalue weighted by atomic mass is 15.1. The van der Waals surface area contributed by atoms with E-state index in [0.29, 0.717) is 6.04 Å². The minimum Gasteiger partial charge on any atom is -0.330 e. The maximum atomic E-state index is 4.77. The van der Waals surface area contributed by atoms with Gasteiger partial charge in [0.25, 0.3) is 0 Å². The first-order valence-corrected chi connectivity index (χ1v) is 7.80. The zero-order chi connectivity index (χ0) is 14.1. The third-order valence-corrected chi connectivity index (χ3v) is 4.73. The summed E-state index contributed by atoms with van der Waals surface area (Å²) in [6, 6.07) is 8.66. The first-order chi connectivity index (χ1) is 9.65. The van der Waals surface area contributed by atoms with Gasteiger partial charge in [0.1, 0.15) is 5.82 Å². The van der Waals surface area contributed by atoms with Crippen LogP contribution in [0.2, 0.25) is 0 Å². The molecule has 3 atom stereocenters. The van der Waals surface area contributed by atoms with E-state index in [0.717, 1.165) is 29.7 Å². The number of imidazole rings is 1. The van der Waals surface area contributed by atoms with Gasteiger partial charge in [0.2, 0.25) is 0 Å².